The van der Waals surface area contributed by atoms with Gasteiger partial charge in [-0.05, 0) is 29.8 Å². The number of sulfonamides is 1. The summed E-state index contributed by atoms with van der Waals surface area (Å²) in [4.78, 5) is 5.66. The Bertz CT molecular complexity index is 1130. The van der Waals surface area contributed by atoms with Gasteiger partial charge in [-0.15, -0.1) is 0 Å². The van der Waals surface area contributed by atoms with Crippen molar-refractivity contribution >= 4 is 38.6 Å². The van der Waals surface area contributed by atoms with E-state index in [-0.39, 0.29) is 23.3 Å². The zero-order valence-corrected chi connectivity index (χ0v) is 18.6. The smallest absolute Gasteiger partial charge is 0.242 e. The molecule has 160 valence electrons. The Morgan fingerprint density at radius 1 is 1.27 bits per heavy atom. The van der Waals surface area contributed by atoms with Crippen molar-refractivity contribution < 1.29 is 23.0 Å². The van der Waals surface area contributed by atoms with Crippen LogP contribution in [0, 0.1) is 0 Å². The molecular formula is C19H20ClN3O5S2. The molecule has 0 radical (unpaired) electrons. The van der Waals surface area contributed by atoms with Gasteiger partial charge in [-0.3, -0.25) is 4.99 Å². The highest BCUT2D eigenvalue weighted by Gasteiger charge is 2.43. The van der Waals surface area contributed by atoms with E-state index in [1.807, 2.05) is 0 Å². The van der Waals surface area contributed by atoms with E-state index in [1.54, 1.807) is 43.3 Å². The minimum atomic E-state index is -3.94. The number of amidine groups is 1. The fourth-order valence-electron chi connectivity index (χ4n) is 3.27. The standard InChI is InChI=1S/C19H20ClN3O5S2/c1-21-18-23(2)19(24,10-29-18)13-4-5-14(20)17(8-13)30(25,26)22-9-12-3-6-15-16(7-12)28-11-27-15/h3-8,22,24H,9-11H2,1-2H3. The molecule has 0 bridgehead atoms. The van der Waals surface area contributed by atoms with Crippen molar-refractivity contribution in [3.8, 4) is 11.5 Å². The molecule has 2 aromatic rings. The molecule has 4 rings (SSSR count). The van der Waals surface area contributed by atoms with Gasteiger partial charge in [0.25, 0.3) is 0 Å². The van der Waals surface area contributed by atoms with Gasteiger partial charge in [-0.25, -0.2) is 13.1 Å². The first-order valence-electron chi connectivity index (χ1n) is 8.98. The number of aliphatic hydroxyl groups is 1. The number of halogens is 1. The zero-order valence-electron chi connectivity index (χ0n) is 16.3. The Morgan fingerprint density at radius 3 is 2.77 bits per heavy atom. The molecule has 2 N–H and O–H groups in total. The van der Waals surface area contributed by atoms with Gasteiger partial charge in [-0.1, -0.05) is 35.5 Å². The van der Waals surface area contributed by atoms with Crippen LogP contribution in [-0.4, -0.2) is 50.2 Å². The number of nitrogens with one attached hydrogen (secondary N) is 1. The summed E-state index contributed by atoms with van der Waals surface area (Å²) in [5.74, 6) is 1.52. The number of thioether (sulfide) groups is 1. The molecule has 2 heterocycles. The SMILES string of the molecule is CN=C1SCC(O)(c2ccc(Cl)c(S(=O)(=O)NCc3ccc4c(c3)OCO4)c2)N1C. The van der Waals surface area contributed by atoms with Crippen molar-refractivity contribution in [3.63, 3.8) is 0 Å². The lowest BCUT2D eigenvalue weighted by Gasteiger charge is -2.31. The van der Waals surface area contributed by atoms with Gasteiger partial charge in [-0.2, -0.15) is 0 Å². The lowest BCUT2D eigenvalue weighted by molar-refractivity contribution is -0.0349. The maximum absolute atomic E-state index is 13.0. The van der Waals surface area contributed by atoms with Crippen LogP contribution >= 0.6 is 23.4 Å². The van der Waals surface area contributed by atoms with Crippen molar-refractivity contribution in [2.24, 2.45) is 4.99 Å². The summed E-state index contributed by atoms with van der Waals surface area (Å²) in [5, 5.41) is 11.9. The predicted molar refractivity (Wildman–Crippen MR) is 116 cm³/mol. The van der Waals surface area contributed by atoms with Crippen LogP contribution in [0.2, 0.25) is 5.02 Å². The van der Waals surface area contributed by atoms with Gasteiger partial charge in [0.15, 0.2) is 22.4 Å². The summed E-state index contributed by atoms with van der Waals surface area (Å²) in [7, 11) is -0.587. The van der Waals surface area contributed by atoms with E-state index in [1.165, 1.54) is 23.9 Å². The van der Waals surface area contributed by atoms with E-state index in [4.69, 9.17) is 21.1 Å². The van der Waals surface area contributed by atoms with Crippen molar-refractivity contribution in [1.82, 2.24) is 9.62 Å². The minimum absolute atomic E-state index is 0.0478. The molecule has 0 saturated carbocycles. The summed E-state index contributed by atoms with van der Waals surface area (Å²) in [6.07, 6.45) is 0. The molecule has 0 amide bonds. The van der Waals surface area contributed by atoms with Gasteiger partial charge in [0.1, 0.15) is 4.90 Å². The van der Waals surface area contributed by atoms with Crippen molar-refractivity contribution in [3.05, 3.63) is 52.5 Å². The molecule has 1 atom stereocenters. The molecule has 0 spiro atoms. The topological polar surface area (TPSA) is 100 Å². The van der Waals surface area contributed by atoms with Gasteiger partial charge in [0.05, 0.1) is 10.8 Å². The first-order chi connectivity index (χ1) is 14.2. The van der Waals surface area contributed by atoms with E-state index in [2.05, 4.69) is 9.71 Å². The summed E-state index contributed by atoms with van der Waals surface area (Å²) in [5.41, 5.74) is -0.250. The third kappa shape index (κ3) is 3.74. The second kappa shape index (κ2) is 7.93. The fourth-order valence-corrected chi connectivity index (χ4v) is 5.98. The van der Waals surface area contributed by atoms with Crippen LogP contribution in [0.3, 0.4) is 0 Å². The summed E-state index contributed by atoms with van der Waals surface area (Å²) in [6.45, 7) is 0.194. The Balaban J connectivity index is 1.59. The zero-order chi connectivity index (χ0) is 21.5. The largest absolute Gasteiger partial charge is 0.454 e. The number of hydrogen-bond donors (Lipinski definition) is 2. The van der Waals surface area contributed by atoms with Crippen molar-refractivity contribution in [2.45, 2.75) is 17.2 Å². The van der Waals surface area contributed by atoms with E-state index in [9.17, 15) is 13.5 Å². The van der Waals surface area contributed by atoms with Gasteiger partial charge in [0, 0.05) is 26.2 Å². The molecule has 0 aliphatic carbocycles. The lowest BCUT2D eigenvalue weighted by atomic mass is 10.0. The minimum Gasteiger partial charge on any atom is -0.454 e. The Morgan fingerprint density at radius 2 is 2.03 bits per heavy atom. The second-order valence-electron chi connectivity index (χ2n) is 6.83. The van der Waals surface area contributed by atoms with Crippen LogP contribution in [-0.2, 0) is 22.3 Å². The first kappa shape index (κ1) is 21.3. The van der Waals surface area contributed by atoms with Crippen LogP contribution in [0.5, 0.6) is 11.5 Å². The van der Waals surface area contributed by atoms with Gasteiger partial charge in [0.2, 0.25) is 16.8 Å². The molecule has 2 aromatic carbocycles. The molecule has 1 fully saturated rings. The van der Waals surface area contributed by atoms with E-state index >= 15 is 0 Å². The van der Waals surface area contributed by atoms with Gasteiger partial charge < -0.3 is 19.5 Å². The molecule has 0 aromatic heterocycles. The Kier molecular flexibility index (Phi) is 5.62. The van der Waals surface area contributed by atoms with Crippen LogP contribution in [0.25, 0.3) is 0 Å². The summed E-state index contributed by atoms with van der Waals surface area (Å²) >= 11 is 7.60. The molecule has 11 heteroatoms. The summed E-state index contributed by atoms with van der Waals surface area (Å²) in [6, 6.07) is 9.71. The van der Waals surface area contributed by atoms with Gasteiger partial charge >= 0.3 is 0 Å². The van der Waals surface area contributed by atoms with E-state index in [0.717, 1.165) is 0 Å². The molecule has 1 unspecified atom stereocenters. The number of aliphatic imine (C=N–C) groups is 1. The predicted octanol–water partition coefficient (Wildman–Crippen LogP) is 2.36. The quantitative estimate of drug-likeness (QED) is 0.693. The van der Waals surface area contributed by atoms with Crippen LogP contribution in [0.15, 0.2) is 46.3 Å². The number of hydrogen-bond acceptors (Lipinski definition) is 7. The van der Waals surface area contributed by atoms with Crippen molar-refractivity contribution in [1.29, 1.82) is 0 Å². The number of rotatable bonds is 5. The highest BCUT2D eigenvalue weighted by Crippen LogP contribution is 2.39. The maximum atomic E-state index is 13.0. The Labute approximate surface area is 183 Å². The van der Waals surface area contributed by atoms with E-state index in [0.29, 0.717) is 33.5 Å². The highest BCUT2D eigenvalue weighted by molar-refractivity contribution is 8.14. The molecule has 2 aliphatic rings. The molecule has 2 aliphatic heterocycles. The molecular weight excluding hydrogens is 450 g/mol. The average molecular weight is 470 g/mol. The molecule has 30 heavy (non-hydrogen) atoms. The first-order valence-corrected chi connectivity index (χ1v) is 11.8. The number of fused-ring (bicyclic) bond motifs is 1. The monoisotopic (exact) mass is 469 g/mol. The second-order valence-corrected chi connectivity index (χ2v) is 9.91. The normalized spacial score (nSPS) is 22.1. The number of ether oxygens (including phenoxy) is 2. The summed E-state index contributed by atoms with van der Waals surface area (Å²) < 4.78 is 39.1. The van der Waals surface area contributed by atoms with Crippen LogP contribution < -0.4 is 14.2 Å². The van der Waals surface area contributed by atoms with Crippen LogP contribution in [0.1, 0.15) is 11.1 Å². The number of benzene rings is 2. The fraction of sp³-hybridized carbons (Fsp3) is 0.316. The highest BCUT2D eigenvalue weighted by atomic mass is 35.5. The lowest BCUT2D eigenvalue weighted by Crippen LogP contribution is -2.42. The molecule has 8 nitrogen and oxygen atoms in total. The maximum Gasteiger partial charge on any atom is 0.242 e. The number of nitrogens with zero attached hydrogens (tertiary/aromatic N) is 2. The van der Waals surface area contributed by atoms with E-state index < -0.39 is 15.7 Å². The third-order valence-electron chi connectivity index (χ3n) is 5.02. The van der Waals surface area contributed by atoms with Crippen molar-refractivity contribution in [2.75, 3.05) is 26.6 Å². The third-order valence-corrected chi connectivity index (χ3v) is 8.17. The molecule has 1 saturated heterocycles. The average Bonchev–Trinajstić information content (AvgIpc) is 3.31. The van der Waals surface area contributed by atoms with Crippen LogP contribution in [0.4, 0.5) is 0 Å². The Hall–Kier alpha value is -1.98.